The first-order chi connectivity index (χ1) is 13.1. The summed E-state index contributed by atoms with van der Waals surface area (Å²) in [5.41, 5.74) is 2.98. The third-order valence-corrected chi connectivity index (χ3v) is 6.23. The SMILES string of the molecule is O=C(c1ccc(Br)cc1)N1CCC(Cn2nc3c(cc2=O)CCCC3)CC1. The minimum atomic E-state index is 0.0176. The molecule has 0 spiro atoms. The van der Waals surface area contributed by atoms with Crippen molar-refractivity contribution in [1.29, 1.82) is 0 Å². The lowest BCUT2D eigenvalue weighted by Gasteiger charge is -2.32. The van der Waals surface area contributed by atoms with Crippen LogP contribution >= 0.6 is 15.9 Å². The quantitative estimate of drug-likeness (QED) is 0.750. The van der Waals surface area contributed by atoms with Crippen molar-refractivity contribution >= 4 is 21.8 Å². The van der Waals surface area contributed by atoms with Crippen LogP contribution in [0.15, 0.2) is 39.6 Å². The average molecular weight is 430 g/mol. The van der Waals surface area contributed by atoms with Crippen LogP contribution < -0.4 is 5.56 Å². The van der Waals surface area contributed by atoms with E-state index in [1.807, 2.05) is 29.2 Å². The normalized spacial score (nSPS) is 17.6. The van der Waals surface area contributed by atoms with Crippen molar-refractivity contribution < 1.29 is 4.79 Å². The highest BCUT2D eigenvalue weighted by molar-refractivity contribution is 9.10. The van der Waals surface area contributed by atoms with Crippen LogP contribution in [0, 0.1) is 5.92 Å². The number of fused-ring (bicyclic) bond motifs is 1. The Kier molecular flexibility index (Phi) is 5.43. The number of rotatable bonds is 3. The van der Waals surface area contributed by atoms with E-state index < -0.39 is 0 Å². The number of halogens is 1. The van der Waals surface area contributed by atoms with Gasteiger partial charge in [0.1, 0.15) is 0 Å². The van der Waals surface area contributed by atoms with Crippen molar-refractivity contribution in [2.45, 2.75) is 45.1 Å². The van der Waals surface area contributed by atoms with Gasteiger partial charge in [-0.2, -0.15) is 5.10 Å². The van der Waals surface area contributed by atoms with Gasteiger partial charge in [-0.15, -0.1) is 0 Å². The average Bonchev–Trinajstić information content (AvgIpc) is 2.69. The van der Waals surface area contributed by atoms with Crippen LogP contribution in [0.5, 0.6) is 0 Å². The summed E-state index contributed by atoms with van der Waals surface area (Å²) in [7, 11) is 0. The zero-order valence-electron chi connectivity index (χ0n) is 15.4. The highest BCUT2D eigenvalue weighted by Crippen LogP contribution is 2.22. The predicted octanol–water partition coefficient (Wildman–Crippen LogP) is 3.44. The third-order valence-electron chi connectivity index (χ3n) is 5.70. The number of likely N-dealkylation sites (tertiary alicyclic amines) is 1. The fourth-order valence-electron chi connectivity index (χ4n) is 4.07. The van der Waals surface area contributed by atoms with Gasteiger partial charge in [0, 0.05) is 35.7 Å². The van der Waals surface area contributed by atoms with Gasteiger partial charge in [0.25, 0.3) is 11.5 Å². The van der Waals surface area contributed by atoms with Gasteiger partial charge >= 0.3 is 0 Å². The third kappa shape index (κ3) is 4.15. The molecule has 27 heavy (non-hydrogen) atoms. The zero-order chi connectivity index (χ0) is 18.8. The number of aromatic nitrogens is 2. The molecule has 6 heteroatoms. The molecule has 0 N–H and O–H groups in total. The molecule has 1 amide bonds. The number of carbonyl (C=O) groups excluding carboxylic acids is 1. The molecule has 2 aliphatic rings. The Morgan fingerprint density at radius 3 is 2.56 bits per heavy atom. The van der Waals surface area contributed by atoms with Gasteiger partial charge in [0.15, 0.2) is 0 Å². The molecule has 4 rings (SSSR count). The second-order valence-electron chi connectivity index (χ2n) is 7.59. The fraction of sp³-hybridized carbons (Fsp3) is 0.476. The molecule has 0 radical (unpaired) electrons. The largest absolute Gasteiger partial charge is 0.339 e. The van der Waals surface area contributed by atoms with E-state index in [1.54, 1.807) is 10.7 Å². The number of carbonyl (C=O) groups is 1. The number of benzene rings is 1. The maximum Gasteiger partial charge on any atom is 0.267 e. The van der Waals surface area contributed by atoms with Crippen LogP contribution in [-0.2, 0) is 19.4 Å². The van der Waals surface area contributed by atoms with Gasteiger partial charge in [-0.05, 0) is 74.3 Å². The number of aryl methyl sites for hydroxylation is 2. The molecule has 1 aromatic carbocycles. The van der Waals surface area contributed by atoms with E-state index >= 15 is 0 Å². The van der Waals surface area contributed by atoms with E-state index in [0.29, 0.717) is 12.5 Å². The lowest BCUT2D eigenvalue weighted by molar-refractivity contribution is 0.0680. The Bertz CT molecular complexity index is 883. The minimum absolute atomic E-state index is 0.0176. The van der Waals surface area contributed by atoms with E-state index in [1.165, 1.54) is 0 Å². The number of nitrogens with zero attached hydrogens (tertiary/aromatic N) is 3. The molecule has 1 fully saturated rings. The summed E-state index contributed by atoms with van der Waals surface area (Å²) < 4.78 is 2.63. The van der Waals surface area contributed by atoms with Crippen LogP contribution in [0.4, 0.5) is 0 Å². The van der Waals surface area contributed by atoms with E-state index in [9.17, 15) is 9.59 Å². The molecule has 1 aliphatic carbocycles. The van der Waals surface area contributed by atoms with Crippen LogP contribution in [-0.4, -0.2) is 33.7 Å². The summed E-state index contributed by atoms with van der Waals surface area (Å²) in [5.74, 6) is 0.482. The van der Waals surface area contributed by atoms with Crippen LogP contribution in [0.3, 0.4) is 0 Å². The molecule has 5 nitrogen and oxygen atoms in total. The van der Waals surface area contributed by atoms with Crippen molar-refractivity contribution in [3.63, 3.8) is 0 Å². The number of hydrogen-bond donors (Lipinski definition) is 0. The van der Waals surface area contributed by atoms with Gasteiger partial charge in [0.2, 0.25) is 0 Å². The zero-order valence-corrected chi connectivity index (χ0v) is 17.0. The maximum atomic E-state index is 12.6. The van der Waals surface area contributed by atoms with E-state index in [0.717, 1.165) is 72.9 Å². The lowest BCUT2D eigenvalue weighted by atomic mass is 9.95. The molecule has 142 valence electrons. The molecule has 0 unspecified atom stereocenters. The van der Waals surface area contributed by atoms with Crippen molar-refractivity contribution in [2.75, 3.05) is 13.1 Å². The standard InChI is InChI=1S/C21H24BrN3O2/c22-18-7-5-16(6-8-18)21(27)24-11-9-15(10-12-24)14-25-20(26)13-17-3-1-2-4-19(17)23-25/h5-8,13,15H,1-4,9-12,14H2. The topological polar surface area (TPSA) is 55.2 Å². The fourth-order valence-corrected chi connectivity index (χ4v) is 4.33. The summed E-state index contributed by atoms with van der Waals surface area (Å²) in [6.45, 7) is 2.13. The summed E-state index contributed by atoms with van der Waals surface area (Å²) in [6, 6.07) is 9.29. The van der Waals surface area contributed by atoms with Gasteiger partial charge < -0.3 is 4.90 Å². The smallest absolute Gasteiger partial charge is 0.267 e. The first-order valence-electron chi connectivity index (χ1n) is 9.75. The van der Waals surface area contributed by atoms with E-state index in [-0.39, 0.29) is 11.5 Å². The lowest BCUT2D eigenvalue weighted by Crippen LogP contribution is -2.40. The molecular formula is C21H24BrN3O2. The molecule has 1 aliphatic heterocycles. The molecular weight excluding hydrogens is 406 g/mol. The van der Waals surface area contributed by atoms with Crippen LogP contribution in [0.25, 0.3) is 0 Å². The van der Waals surface area contributed by atoms with Gasteiger partial charge in [-0.25, -0.2) is 4.68 Å². The Hall–Kier alpha value is -1.95. The van der Waals surface area contributed by atoms with Gasteiger partial charge in [-0.3, -0.25) is 9.59 Å². The van der Waals surface area contributed by atoms with E-state index in [2.05, 4.69) is 21.0 Å². The molecule has 0 atom stereocenters. The summed E-state index contributed by atoms with van der Waals surface area (Å²) in [5, 5.41) is 4.64. The second-order valence-corrected chi connectivity index (χ2v) is 8.50. The maximum absolute atomic E-state index is 12.6. The first kappa shape index (κ1) is 18.4. The molecule has 2 heterocycles. The van der Waals surface area contributed by atoms with Crippen molar-refractivity contribution in [1.82, 2.24) is 14.7 Å². The summed E-state index contributed by atoms with van der Waals surface area (Å²) in [6.07, 6.45) is 6.10. The molecule has 1 aromatic heterocycles. The van der Waals surface area contributed by atoms with Gasteiger partial charge in [-0.1, -0.05) is 15.9 Å². The highest BCUT2D eigenvalue weighted by Gasteiger charge is 2.25. The summed E-state index contributed by atoms with van der Waals surface area (Å²) in [4.78, 5) is 26.9. The molecule has 0 bridgehead atoms. The molecule has 1 saturated heterocycles. The monoisotopic (exact) mass is 429 g/mol. The van der Waals surface area contributed by atoms with Crippen molar-refractivity contribution in [2.24, 2.45) is 5.92 Å². The van der Waals surface area contributed by atoms with Crippen LogP contribution in [0.2, 0.25) is 0 Å². The minimum Gasteiger partial charge on any atom is -0.339 e. The van der Waals surface area contributed by atoms with Crippen molar-refractivity contribution in [3.05, 3.63) is 62.0 Å². The number of piperidine rings is 1. The van der Waals surface area contributed by atoms with E-state index in [4.69, 9.17) is 0 Å². The molecule has 0 saturated carbocycles. The number of amides is 1. The second kappa shape index (κ2) is 7.97. The Morgan fingerprint density at radius 2 is 1.81 bits per heavy atom. The highest BCUT2D eigenvalue weighted by atomic mass is 79.9. The van der Waals surface area contributed by atoms with Crippen LogP contribution in [0.1, 0.15) is 47.3 Å². The van der Waals surface area contributed by atoms with Gasteiger partial charge in [0.05, 0.1) is 5.69 Å². The predicted molar refractivity (Wildman–Crippen MR) is 108 cm³/mol. The summed E-state index contributed by atoms with van der Waals surface area (Å²) >= 11 is 3.40. The Labute approximate surface area is 167 Å². The first-order valence-corrected chi connectivity index (χ1v) is 10.5. The van der Waals surface area contributed by atoms with Crippen molar-refractivity contribution in [3.8, 4) is 0 Å². The Balaban J connectivity index is 1.38. The Morgan fingerprint density at radius 1 is 1.11 bits per heavy atom. The molecule has 2 aromatic rings. The number of hydrogen-bond acceptors (Lipinski definition) is 3.